The Labute approximate surface area is 184 Å². The zero-order valence-electron chi connectivity index (χ0n) is 18.3. The van der Waals surface area contributed by atoms with E-state index in [1.807, 2.05) is 19.1 Å². The average Bonchev–Trinajstić information content (AvgIpc) is 2.74. The normalized spacial score (nSPS) is 20.4. The van der Waals surface area contributed by atoms with E-state index < -0.39 is 10.0 Å². The Kier molecular flexibility index (Phi) is 7.49. The van der Waals surface area contributed by atoms with E-state index in [9.17, 15) is 17.6 Å². The Morgan fingerprint density at radius 2 is 1.45 bits per heavy atom. The molecule has 0 saturated heterocycles. The first-order valence-electron chi connectivity index (χ1n) is 10.8. The van der Waals surface area contributed by atoms with E-state index in [-0.39, 0.29) is 34.6 Å². The SMILES string of the molecule is CC(C)c1ccc(S(=O)(=O)NC2CCC(C(=O)N[C@H](C)c3ccc(F)cc3)CC2)cc1. The maximum atomic E-state index is 13.1. The Morgan fingerprint density at radius 1 is 0.903 bits per heavy atom. The Morgan fingerprint density at radius 3 is 2.00 bits per heavy atom. The summed E-state index contributed by atoms with van der Waals surface area (Å²) in [6.07, 6.45) is 2.49. The van der Waals surface area contributed by atoms with E-state index in [0.29, 0.717) is 31.6 Å². The molecule has 1 amide bonds. The molecule has 0 heterocycles. The van der Waals surface area contributed by atoms with E-state index >= 15 is 0 Å². The summed E-state index contributed by atoms with van der Waals surface area (Å²) in [7, 11) is -3.58. The highest BCUT2D eigenvalue weighted by molar-refractivity contribution is 7.89. The Balaban J connectivity index is 1.51. The number of amides is 1. The first-order chi connectivity index (χ1) is 14.7. The minimum Gasteiger partial charge on any atom is -0.349 e. The van der Waals surface area contributed by atoms with Gasteiger partial charge in [0.25, 0.3) is 0 Å². The summed E-state index contributed by atoms with van der Waals surface area (Å²) in [6, 6.07) is 12.7. The van der Waals surface area contributed by atoms with Crippen molar-refractivity contribution in [2.75, 3.05) is 0 Å². The number of hydrogen-bond acceptors (Lipinski definition) is 3. The van der Waals surface area contributed by atoms with E-state index in [1.165, 1.54) is 12.1 Å². The van der Waals surface area contributed by atoms with Gasteiger partial charge in [0.15, 0.2) is 0 Å². The molecule has 2 aromatic rings. The van der Waals surface area contributed by atoms with Gasteiger partial charge in [-0.25, -0.2) is 17.5 Å². The van der Waals surface area contributed by atoms with Gasteiger partial charge < -0.3 is 5.32 Å². The highest BCUT2D eigenvalue weighted by atomic mass is 32.2. The molecular weight excluding hydrogens is 415 g/mol. The van der Waals surface area contributed by atoms with Crippen LogP contribution in [0.25, 0.3) is 0 Å². The van der Waals surface area contributed by atoms with Crippen LogP contribution < -0.4 is 10.0 Å². The molecule has 1 saturated carbocycles. The van der Waals surface area contributed by atoms with Crippen LogP contribution in [0.5, 0.6) is 0 Å². The second-order valence-electron chi connectivity index (χ2n) is 8.68. The lowest BCUT2D eigenvalue weighted by molar-refractivity contribution is -0.126. The van der Waals surface area contributed by atoms with Crippen LogP contribution in [0.3, 0.4) is 0 Å². The molecule has 0 spiro atoms. The van der Waals surface area contributed by atoms with Crippen LogP contribution in [0.15, 0.2) is 53.4 Å². The van der Waals surface area contributed by atoms with Crippen molar-refractivity contribution in [2.45, 2.75) is 69.4 Å². The van der Waals surface area contributed by atoms with Gasteiger partial charge in [-0.2, -0.15) is 0 Å². The van der Waals surface area contributed by atoms with Gasteiger partial charge in [-0.1, -0.05) is 38.1 Å². The fraction of sp³-hybridized carbons (Fsp3) is 0.458. The summed E-state index contributed by atoms with van der Waals surface area (Å²) in [5, 5.41) is 2.99. The largest absolute Gasteiger partial charge is 0.349 e. The highest BCUT2D eigenvalue weighted by Gasteiger charge is 2.29. The fourth-order valence-corrected chi connectivity index (χ4v) is 5.26. The van der Waals surface area contributed by atoms with E-state index in [2.05, 4.69) is 23.9 Å². The summed E-state index contributed by atoms with van der Waals surface area (Å²) >= 11 is 0. The van der Waals surface area contributed by atoms with Crippen molar-refractivity contribution in [3.05, 3.63) is 65.5 Å². The van der Waals surface area contributed by atoms with Gasteiger partial charge in [0, 0.05) is 12.0 Å². The molecule has 1 atom stereocenters. The van der Waals surface area contributed by atoms with Crippen LogP contribution >= 0.6 is 0 Å². The number of carbonyl (C=O) groups excluding carboxylic acids is 1. The minimum absolute atomic E-state index is 0.0394. The van der Waals surface area contributed by atoms with Crippen LogP contribution in [0, 0.1) is 11.7 Å². The summed E-state index contributed by atoms with van der Waals surface area (Å²) < 4.78 is 41.3. The van der Waals surface area contributed by atoms with E-state index in [4.69, 9.17) is 0 Å². The molecule has 168 valence electrons. The molecule has 7 heteroatoms. The number of nitrogens with one attached hydrogen (secondary N) is 2. The van der Waals surface area contributed by atoms with Gasteiger partial charge in [0.1, 0.15) is 5.82 Å². The van der Waals surface area contributed by atoms with Gasteiger partial charge in [-0.3, -0.25) is 4.79 Å². The number of sulfonamides is 1. The van der Waals surface area contributed by atoms with Crippen LogP contribution in [-0.4, -0.2) is 20.4 Å². The molecule has 0 bridgehead atoms. The molecule has 1 fully saturated rings. The molecule has 5 nitrogen and oxygen atoms in total. The number of rotatable bonds is 7. The topological polar surface area (TPSA) is 75.3 Å². The zero-order chi connectivity index (χ0) is 22.6. The van der Waals surface area contributed by atoms with E-state index in [0.717, 1.165) is 11.1 Å². The maximum Gasteiger partial charge on any atom is 0.240 e. The summed E-state index contributed by atoms with van der Waals surface area (Å²) in [5.41, 5.74) is 1.94. The van der Waals surface area contributed by atoms with Crippen molar-refractivity contribution < 1.29 is 17.6 Å². The second kappa shape index (κ2) is 9.92. The second-order valence-corrected chi connectivity index (χ2v) is 10.4. The molecule has 2 aromatic carbocycles. The third-order valence-corrected chi connectivity index (χ3v) is 7.54. The first-order valence-corrected chi connectivity index (χ1v) is 12.3. The van der Waals surface area contributed by atoms with Crippen LogP contribution in [0.4, 0.5) is 4.39 Å². The van der Waals surface area contributed by atoms with Gasteiger partial charge >= 0.3 is 0 Å². The first kappa shape index (κ1) is 23.4. The molecule has 0 aromatic heterocycles. The molecular formula is C24H31FN2O3S. The quantitative estimate of drug-likeness (QED) is 0.649. The van der Waals surface area contributed by atoms with Gasteiger partial charge in [0.2, 0.25) is 15.9 Å². The van der Waals surface area contributed by atoms with Gasteiger partial charge in [0.05, 0.1) is 10.9 Å². The van der Waals surface area contributed by atoms with Crippen molar-refractivity contribution in [2.24, 2.45) is 5.92 Å². The minimum atomic E-state index is -3.58. The standard InChI is InChI=1S/C24H31FN2O3S/c1-16(2)18-8-14-23(15-9-18)31(29,30)27-22-12-6-20(7-13-22)24(28)26-17(3)19-4-10-21(25)11-5-19/h4-5,8-11,14-17,20,22,27H,6-7,12-13H2,1-3H3,(H,26,28)/t17-,20?,22?/m1/s1. The molecule has 0 unspecified atom stereocenters. The van der Waals surface area contributed by atoms with Crippen LogP contribution in [-0.2, 0) is 14.8 Å². The third kappa shape index (κ3) is 6.14. The molecule has 0 aliphatic heterocycles. The molecule has 31 heavy (non-hydrogen) atoms. The molecule has 1 aliphatic rings. The zero-order valence-corrected chi connectivity index (χ0v) is 19.1. The predicted molar refractivity (Wildman–Crippen MR) is 120 cm³/mol. The third-order valence-electron chi connectivity index (χ3n) is 6.01. The maximum absolute atomic E-state index is 13.1. The van der Waals surface area contributed by atoms with Crippen molar-refractivity contribution in [3.63, 3.8) is 0 Å². The lowest BCUT2D eigenvalue weighted by atomic mass is 9.85. The monoisotopic (exact) mass is 446 g/mol. The number of benzene rings is 2. The lowest BCUT2D eigenvalue weighted by Crippen LogP contribution is -2.41. The summed E-state index contributed by atoms with van der Waals surface area (Å²) in [5.74, 6) is -0.146. The number of halogens is 1. The average molecular weight is 447 g/mol. The van der Waals surface area contributed by atoms with Crippen LogP contribution in [0.2, 0.25) is 0 Å². The van der Waals surface area contributed by atoms with Gasteiger partial charge in [-0.15, -0.1) is 0 Å². The van der Waals surface area contributed by atoms with Crippen molar-refractivity contribution in [3.8, 4) is 0 Å². The van der Waals surface area contributed by atoms with Crippen molar-refractivity contribution >= 4 is 15.9 Å². The lowest BCUT2D eigenvalue weighted by Gasteiger charge is -2.29. The molecule has 0 radical (unpaired) electrons. The van der Waals surface area contributed by atoms with Crippen molar-refractivity contribution in [1.29, 1.82) is 0 Å². The number of hydrogen-bond donors (Lipinski definition) is 2. The summed E-state index contributed by atoms with van der Waals surface area (Å²) in [4.78, 5) is 12.9. The molecule has 2 N–H and O–H groups in total. The Bertz CT molecular complexity index is 980. The van der Waals surface area contributed by atoms with E-state index in [1.54, 1.807) is 24.3 Å². The Hall–Kier alpha value is -2.25. The summed E-state index contributed by atoms with van der Waals surface area (Å²) in [6.45, 7) is 6.00. The molecule has 1 aliphatic carbocycles. The van der Waals surface area contributed by atoms with Crippen molar-refractivity contribution in [1.82, 2.24) is 10.0 Å². The predicted octanol–water partition coefficient (Wildman–Crippen LogP) is 4.66. The van der Waals surface area contributed by atoms with Gasteiger partial charge in [-0.05, 0) is 73.9 Å². The van der Waals surface area contributed by atoms with Crippen LogP contribution in [0.1, 0.15) is 69.5 Å². The highest BCUT2D eigenvalue weighted by Crippen LogP contribution is 2.27. The number of carbonyl (C=O) groups is 1. The fourth-order valence-electron chi connectivity index (χ4n) is 3.96. The smallest absolute Gasteiger partial charge is 0.240 e. The molecule has 3 rings (SSSR count).